The second-order valence-corrected chi connectivity index (χ2v) is 4.58. The first-order chi connectivity index (χ1) is 7.68. The largest absolute Gasteiger partial charge is 0.398 e. The van der Waals surface area contributed by atoms with Crippen LogP contribution >= 0.6 is 12.4 Å². The minimum Gasteiger partial charge on any atom is -0.398 e. The predicted octanol–water partition coefficient (Wildman–Crippen LogP) is 2.61. The first-order valence-corrected chi connectivity index (χ1v) is 5.84. The third-order valence-corrected chi connectivity index (χ3v) is 3.38. The van der Waals surface area contributed by atoms with Gasteiger partial charge >= 0.3 is 0 Å². The maximum Gasteiger partial charge on any atom is 0.253 e. The Bertz CT molecular complexity index is 395. The van der Waals surface area contributed by atoms with E-state index in [1.807, 2.05) is 12.1 Å². The van der Waals surface area contributed by atoms with Gasteiger partial charge in [-0.15, -0.1) is 12.4 Å². The molecule has 0 aromatic heterocycles. The number of hydrogen-bond acceptors (Lipinski definition) is 2. The van der Waals surface area contributed by atoms with Crippen LogP contribution in [0.5, 0.6) is 0 Å². The number of hydrogen-bond donors (Lipinski definition) is 2. The first kappa shape index (κ1) is 13.8. The monoisotopic (exact) mass is 254 g/mol. The molecule has 3 nitrogen and oxygen atoms in total. The Balaban J connectivity index is 0.00000144. The summed E-state index contributed by atoms with van der Waals surface area (Å²) in [6.07, 6.45) is 3.49. The minimum atomic E-state index is -0.0446. The lowest BCUT2D eigenvalue weighted by Gasteiger charge is -2.17. The third kappa shape index (κ3) is 3.13. The van der Waals surface area contributed by atoms with Gasteiger partial charge in [-0.25, -0.2) is 0 Å². The van der Waals surface area contributed by atoms with E-state index in [0.717, 1.165) is 6.42 Å². The molecule has 2 rings (SSSR count). The molecule has 0 saturated heterocycles. The van der Waals surface area contributed by atoms with E-state index in [-0.39, 0.29) is 18.3 Å². The predicted molar refractivity (Wildman–Crippen MR) is 72.4 cm³/mol. The van der Waals surface area contributed by atoms with E-state index >= 15 is 0 Å². The summed E-state index contributed by atoms with van der Waals surface area (Å²) >= 11 is 0. The smallest absolute Gasteiger partial charge is 0.253 e. The summed E-state index contributed by atoms with van der Waals surface area (Å²) in [6.45, 7) is 2.19. The minimum absolute atomic E-state index is 0. The topological polar surface area (TPSA) is 55.1 Å². The van der Waals surface area contributed by atoms with Crippen LogP contribution in [0.15, 0.2) is 24.3 Å². The van der Waals surface area contributed by atoms with Gasteiger partial charge < -0.3 is 11.1 Å². The maximum atomic E-state index is 12.0. The van der Waals surface area contributed by atoms with E-state index in [9.17, 15) is 4.79 Å². The van der Waals surface area contributed by atoms with E-state index < -0.39 is 0 Å². The van der Waals surface area contributed by atoms with Crippen molar-refractivity contribution in [2.45, 2.75) is 32.2 Å². The lowest BCUT2D eigenvalue weighted by atomic mass is 10.1. The normalized spacial score (nSPS) is 22.9. The molecule has 1 aliphatic carbocycles. The van der Waals surface area contributed by atoms with Crippen LogP contribution in [0.3, 0.4) is 0 Å². The Labute approximate surface area is 108 Å². The molecule has 0 spiro atoms. The molecule has 1 amide bonds. The highest BCUT2D eigenvalue weighted by Crippen LogP contribution is 2.25. The van der Waals surface area contributed by atoms with Gasteiger partial charge in [0.2, 0.25) is 0 Å². The van der Waals surface area contributed by atoms with E-state index in [1.165, 1.54) is 12.8 Å². The van der Waals surface area contributed by atoms with Crippen LogP contribution in [-0.2, 0) is 0 Å². The van der Waals surface area contributed by atoms with Crippen molar-refractivity contribution in [1.82, 2.24) is 5.32 Å². The summed E-state index contributed by atoms with van der Waals surface area (Å²) in [5.74, 6) is 0.533. The molecular formula is C13H19ClN2O. The molecule has 94 valence electrons. The van der Waals surface area contributed by atoms with Crippen LogP contribution in [0.4, 0.5) is 5.69 Å². The average Bonchev–Trinajstić information content (AvgIpc) is 2.65. The number of amides is 1. The molecular weight excluding hydrogens is 236 g/mol. The number of nitrogens with one attached hydrogen (secondary N) is 1. The van der Waals surface area contributed by atoms with Crippen LogP contribution in [-0.4, -0.2) is 11.9 Å². The highest BCUT2D eigenvalue weighted by Gasteiger charge is 2.25. The molecule has 17 heavy (non-hydrogen) atoms. The highest BCUT2D eigenvalue weighted by molar-refractivity contribution is 5.99. The SMILES string of the molecule is CC1CCCC1NC(=O)c1ccccc1N.Cl. The molecule has 1 fully saturated rings. The quantitative estimate of drug-likeness (QED) is 0.797. The van der Waals surface area contributed by atoms with Crippen LogP contribution in [0, 0.1) is 5.92 Å². The van der Waals surface area contributed by atoms with Gasteiger partial charge in [-0.1, -0.05) is 25.5 Å². The number of anilines is 1. The van der Waals surface area contributed by atoms with Gasteiger partial charge in [-0.2, -0.15) is 0 Å². The molecule has 1 saturated carbocycles. The standard InChI is InChI=1S/C13H18N2O.ClH/c1-9-5-4-8-12(9)15-13(16)10-6-2-3-7-11(10)14;/h2-3,6-7,9,12H,4-5,8,14H2,1H3,(H,15,16);1H. The molecule has 1 aliphatic rings. The number of benzene rings is 1. The zero-order valence-electron chi connectivity index (χ0n) is 9.98. The molecule has 0 radical (unpaired) electrons. The lowest BCUT2D eigenvalue weighted by molar-refractivity contribution is 0.0930. The summed E-state index contributed by atoms with van der Waals surface area (Å²) in [7, 11) is 0. The Kier molecular flexibility index (Phi) is 4.82. The Morgan fingerprint density at radius 3 is 2.65 bits per heavy atom. The van der Waals surface area contributed by atoms with E-state index in [2.05, 4.69) is 12.2 Å². The fourth-order valence-corrected chi connectivity index (χ4v) is 2.31. The van der Waals surface area contributed by atoms with Gasteiger partial charge in [-0.05, 0) is 30.9 Å². The lowest BCUT2D eigenvalue weighted by Crippen LogP contribution is -2.36. The fourth-order valence-electron chi connectivity index (χ4n) is 2.31. The second-order valence-electron chi connectivity index (χ2n) is 4.58. The van der Waals surface area contributed by atoms with Crippen molar-refractivity contribution in [3.8, 4) is 0 Å². The zero-order chi connectivity index (χ0) is 11.5. The van der Waals surface area contributed by atoms with Crippen molar-refractivity contribution in [2.75, 3.05) is 5.73 Å². The van der Waals surface area contributed by atoms with Crippen LogP contribution in [0.2, 0.25) is 0 Å². The maximum absolute atomic E-state index is 12.0. The highest BCUT2D eigenvalue weighted by atomic mass is 35.5. The van der Waals surface area contributed by atoms with Crippen LogP contribution in [0.1, 0.15) is 36.5 Å². The van der Waals surface area contributed by atoms with Gasteiger partial charge in [0.05, 0.1) is 5.56 Å². The van der Waals surface area contributed by atoms with Crippen molar-refractivity contribution in [3.63, 3.8) is 0 Å². The summed E-state index contributed by atoms with van der Waals surface area (Å²) in [5, 5.41) is 3.07. The van der Waals surface area contributed by atoms with Gasteiger partial charge in [0.1, 0.15) is 0 Å². The number of nitrogens with two attached hydrogens (primary N) is 1. The summed E-state index contributed by atoms with van der Waals surface area (Å²) in [4.78, 5) is 12.0. The molecule has 4 heteroatoms. The van der Waals surface area contributed by atoms with Crippen molar-refractivity contribution < 1.29 is 4.79 Å². The van der Waals surface area contributed by atoms with E-state index in [0.29, 0.717) is 23.2 Å². The summed E-state index contributed by atoms with van der Waals surface area (Å²) in [6, 6.07) is 7.51. The Morgan fingerprint density at radius 2 is 2.06 bits per heavy atom. The van der Waals surface area contributed by atoms with Crippen molar-refractivity contribution in [1.29, 1.82) is 0 Å². The molecule has 0 heterocycles. The van der Waals surface area contributed by atoms with Crippen molar-refractivity contribution in [2.24, 2.45) is 5.92 Å². The molecule has 0 bridgehead atoms. The number of rotatable bonds is 2. The molecule has 1 aromatic rings. The second kappa shape index (κ2) is 5.92. The van der Waals surface area contributed by atoms with Gasteiger partial charge in [-0.3, -0.25) is 4.79 Å². The first-order valence-electron chi connectivity index (χ1n) is 5.84. The van der Waals surface area contributed by atoms with Crippen molar-refractivity contribution in [3.05, 3.63) is 29.8 Å². The molecule has 2 unspecified atom stereocenters. The summed E-state index contributed by atoms with van der Waals surface area (Å²) in [5.41, 5.74) is 6.90. The fraction of sp³-hybridized carbons (Fsp3) is 0.462. The molecule has 0 aliphatic heterocycles. The van der Waals surface area contributed by atoms with E-state index in [4.69, 9.17) is 5.73 Å². The molecule has 1 aromatic carbocycles. The third-order valence-electron chi connectivity index (χ3n) is 3.38. The van der Waals surface area contributed by atoms with Crippen LogP contribution in [0.25, 0.3) is 0 Å². The molecule has 2 atom stereocenters. The number of nitrogen functional groups attached to an aromatic ring is 1. The number of halogens is 1. The number of carbonyl (C=O) groups excluding carboxylic acids is 1. The van der Waals surface area contributed by atoms with Gasteiger partial charge in [0.25, 0.3) is 5.91 Å². The molecule has 3 N–H and O–H groups in total. The summed E-state index contributed by atoms with van der Waals surface area (Å²) < 4.78 is 0. The number of carbonyl (C=O) groups is 1. The Hall–Kier alpha value is -1.22. The number of para-hydroxylation sites is 1. The average molecular weight is 255 g/mol. The van der Waals surface area contributed by atoms with Crippen LogP contribution < -0.4 is 11.1 Å². The zero-order valence-corrected chi connectivity index (χ0v) is 10.8. The van der Waals surface area contributed by atoms with Crippen molar-refractivity contribution >= 4 is 24.0 Å². The van der Waals surface area contributed by atoms with Gasteiger partial charge in [0.15, 0.2) is 0 Å². The Morgan fingerprint density at radius 1 is 1.35 bits per heavy atom. The van der Waals surface area contributed by atoms with E-state index in [1.54, 1.807) is 12.1 Å². The van der Waals surface area contributed by atoms with Gasteiger partial charge in [0, 0.05) is 11.7 Å².